The number of carbonyl (C=O) groups is 3. The van der Waals surface area contributed by atoms with E-state index in [4.69, 9.17) is 44.3 Å². The predicted octanol–water partition coefficient (Wildman–Crippen LogP) is 8.31. The van der Waals surface area contributed by atoms with Gasteiger partial charge < -0.3 is 19.3 Å². The van der Waals surface area contributed by atoms with Crippen molar-refractivity contribution in [3.8, 4) is 0 Å². The van der Waals surface area contributed by atoms with E-state index in [0.29, 0.717) is 27.9 Å². The van der Waals surface area contributed by atoms with Crippen molar-refractivity contribution >= 4 is 58.5 Å². The molecule has 0 aromatic heterocycles. The normalized spacial score (nSPS) is 20.0. The lowest BCUT2D eigenvalue weighted by molar-refractivity contribution is -0.129. The molecule has 2 aromatic carbocycles. The Morgan fingerprint density at radius 3 is 2.11 bits per heavy atom. The van der Waals surface area contributed by atoms with E-state index in [9.17, 15) is 9.59 Å². The number of fused-ring (bicyclic) bond motifs is 2. The topological polar surface area (TPSA) is 79.4 Å². The molecule has 3 amide bonds. The molecule has 5 rings (SSSR count). The van der Waals surface area contributed by atoms with Crippen molar-refractivity contribution in [1.29, 1.82) is 0 Å². The van der Waals surface area contributed by atoms with Crippen LogP contribution in [0.15, 0.2) is 48.0 Å². The summed E-state index contributed by atoms with van der Waals surface area (Å²) in [6.07, 6.45) is 1.03. The maximum atomic E-state index is 15.0. The fourth-order valence-corrected chi connectivity index (χ4v) is 6.63. The van der Waals surface area contributed by atoms with E-state index in [1.54, 1.807) is 15.9 Å². The van der Waals surface area contributed by atoms with Gasteiger partial charge in [0.1, 0.15) is 11.2 Å². The molecular formula is C35H42Cl3N3O5. The number of nitrogens with zero attached hydrogens (tertiary/aromatic N) is 3. The summed E-state index contributed by atoms with van der Waals surface area (Å²) in [5.74, 6) is 0.154. The van der Waals surface area contributed by atoms with Gasteiger partial charge in [-0.15, -0.1) is 11.6 Å². The maximum absolute atomic E-state index is 15.0. The van der Waals surface area contributed by atoms with Crippen molar-refractivity contribution in [2.75, 3.05) is 13.1 Å². The van der Waals surface area contributed by atoms with Gasteiger partial charge in [0.05, 0.1) is 22.1 Å². The number of rotatable bonds is 6. The molecule has 2 fully saturated rings. The molecule has 1 aliphatic carbocycles. The summed E-state index contributed by atoms with van der Waals surface area (Å²) >= 11 is 19.1. The molecule has 2 atom stereocenters. The number of benzene rings is 2. The zero-order valence-electron chi connectivity index (χ0n) is 27.2. The van der Waals surface area contributed by atoms with Gasteiger partial charge in [-0.2, -0.15) is 0 Å². The number of amides is 3. The smallest absolute Gasteiger partial charge is 0.411 e. The third kappa shape index (κ3) is 7.77. The molecule has 2 heterocycles. The molecule has 46 heavy (non-hydrogen) atoms. The van der Waals surface area contributed by atoms with E-state index in [2.05, 4.69) is 0 Å². The molecular weight excluding hydrogens is 649 g/mol. The average molecular weight is 691 g/mol. The van der Waals surface area contributed by atoms with E-state index >= 15 is 4.79 Å². The first-order valence-electron chi connectivity index (χ1n) is 15.7. The van der Waals surface area contributed by atoms with Gasteiger partial charge in [0.25, 0.3) is 5.91 Å². The van der Waals surface area contributed by atoms with E-state index in [-0.39, 0.29) is 31.6 Å². The third-order valence-corrected chi connectivity index (χ3v) is 9.38. The monoisotopic (exact) mass is 689 g/mol. The van der Waals surface area contributed by atoms with E-state index < -0.39 is 35.5 Å². The van der Waals surface area contributed by atoms with Crippen LogP contribution in [0.2, 0.25) is 10.0 Å². The molecule has 0 spiro atoms. The summed E-state index contributed by atoms with van der Waals surface area (Å²) in [6, 6.07) is 12.0. The Morgan fingerprint density at radius 1 is 0.891 bits per heavy atom. The van der Waals surface area contributed by atoms with Crippen LogP contribution >= 0.6 is 34.8 Å². The Hall–Kier alpha value is -2.94. The Labute approximate surface area is 286 Å². The highest BCUT2D eigenvalue weighted by Gasteiger charge is 2.50. The summed E-state index contributed by atoms with van der Waals surface area (Å²) in [5.41, 5.74) is 2.39. The third-order valence-electron chi connectivity index (χ3n) is 8.22. The minimum atomic E-state index is -0.777. The van der Waals surface area contributed by atoms with Gasteiger partial charge in [-0.1, -0.05) is 59.6 Å². The molecule has 0 N–H and O–H groups in total. The quantitative estimate of drug-likeness (QED) is 0.285. The summed E-state index contributed by atoms with van der Waals surface area (Å²) in [7, 11) is 0. The van der Waals surface area contributed by atoms with Crippen LogP contribution in [0.1, 0.15) is 77.5 Å². The first-order chi connectivity index (χ1) is 21.6. The number of carbonyl (C=O) groups excluding carboxylic acids is 3. The Bertz CT molecular complexity index is 1530. The average Bonchev–Trinajstić information content (AvgIpc) is 3.80. The second-order valence-electron chi connectivity index (χ2n) is 14.2. The molecule has 2 unspecified atom stereocenters. The van der Waals surface area contributed by atoms with Gasteiger partial charge in [-0.25, -0.2) is 9.59 Å². The second-order valence-corrected chi connectivity index (χ2v) is 15.3. The van der Waals surface area contributed by atoms with Gasteiger partial charge in [0, 0.05) is 37.1 Å². The zero-order valence-corrected chi connectivity index (χ0v) is 29.5. The lowest BCUT2D eigenvalue weighted by atomic mass is 9.81. The number of hydrogen-bond acceptors (Lipinski definition) is 5. The molecule has 0 radical (unpaired) electrons. The molecule has 3 aliphatic rings. The number of alkyl halides is 1. The number of hydrogen-bond donors (Lipinski definition) is 0. The highest BCUT2D eigenvalue weighted by Crippen LogP contribution is 2.42. The lowest BCUT2D eigenvalue weighted by Gasteiger charge is -2.51. The highest BCUT2D eigenvalue weighted by atomic mass is 35.5. The molecule has 11 heteroatoms. The summed E-state index contributed by atoms with van der Waals surface area (Å²) in [5, 5.41) is 0.819. The summed E-state index contributed by atoms with van der Waals surface area (Å²) in [4.78, 5) is 47.4. The van der Waals surface area contributed by atoms with Crippen LogP contribution in [0.4, 0.5) is 9.59 Å². The predicted molar refractivity (Wildman–Crippen MR) is 181 cm³/mol. The van der Waals surface area contributed by atoms with Gasteiger partial charge in [0.2, 0.25) is 0 Å². The van der Waals surface area contributed by atoms with Crippen LogP contribution in [0.5, 0.6) is 0 Å². The van der Waals surface area contributed by atoms with Gasteiger partial charge in [-0.3, -0.25) is 9.69 Å². The summed E-state index contributed by atoms with van der Waals surface area (Å²) in [6.45, 7) is 11.4. The van der Waals surface area contributed by atoms with Crippen molar-refractivity contribution in [3.05, 3.63) is 74.8 Å². The van der Waals surface area contributed by atoms with Crippen LogP contribution in [0, 0.1) is 0 Å². The first-order valence-corrected chi connectivity index (χ1v) is 17.0. The maximum Gasteiger partial charge on any atom is 0.411 e. The Morgan fingerprint density at radius 2 is 1.52 bits per heavy atom. The fraction of sp³-hybridized carbons (Fsp3) is 0.514. The van der Waals surface area contributed by atoms with E-state index in [1.807, 2.05) is 82.8 Å². The van der Waals surface area contributed by atoms with Gasteiger partial charge >= 0.3 is 12.2 Å². The van der Waals surface area contributed by atoms with Crippen molar-refractivity contribution in [3.63, 3.8) is 0 Å². The van der Waals surface area contributed by atoms with Crippen molar-refractivity contribution in [2.45, 2.75) is 103 Å². The lowest BCUT2D eigenvalue weighted by Crippen LogP contribution is -2.66. The second kappa shape index (κ2) is 13.3. The van der Waals surface area contributed by atoms with E-state index in [0.717, 1.165) is 35.1 Å². The molecule has 2 aromatic rings. The van der Waals surface area contributed by atoms with Crippen molar-refractivity contribution in [1.82, 2.24) is 14.7 Å². The standard InChI is InChI=1S/C35H42Cl3N3O5/c1-34(2,3)45-32(43)39-19-25-16-26(22-12-10-21(17-36)11-13-22)29(28(20-39)41(25)33(44)46-35(4,5)6)31(42)40(24-14-15-24)18-23-8-7-9-27(37)30(23)38/h7-13,24-25,28H,14-20H2,1-6H3. The largest absolute Gasteiger partial charge is 0.444 e. The highest BCUT2D eigenvalue weighted by molar-refractivity contribution is 6.42. The zero-order chi connectivity index (χ0) is 33.6. The number of halogens is 3. The van der Waals surface area contributed by atoms with Crippen LogP contribution < -0.4 is 0 Å². The first kappa shape index (κ1) is 34.4. The number of piperazine rings is 1. The molecule has 1 saturated carbocycles. The molecule has 1 saturated heterocycles. The molecule has 2 bridgehead atoms. The fourth-order valence-electron chi connectivity index (χ4n) is 6.08. The van der Waals surface area contributed by atoms with Gasteiger partial charge in [-0.05, 0) is 89.1 Å². The van der Waals surface area contributed by atoms with Crippen molar-refractivity contribution < 1.29 is 23.9 Å². The van der Waals surface area contributed by atoms with Crippen LogP contribution in [0.3, 0.4) is 0 Å². The minimum absolute atomic E-state index is 0.00757. The molecule has 2 aliphatic heterocycles. The SMILES string of the molecule is CC(C)(C)OC(=O)N1CC2CC(c3ccc(CCl)cc3)=C(C(=O)N(Cc3cccc(Cl)c3Cl)C3CC3)C(C1)N2C(=O)OC(C)(C)C. The minimum Gasteiger partial charge on any atom is -0.444 e. The van der Waals surface area contributed by atoms with Crippen LogP contribution in [0.25, 0.3) is 5.57 Å². The van der Waals surface area contributed by atoms with Crippen LogP contribution in [-0.2, 0) is 26.7 Å². The van der Waals surface area contributed by atoms with Crippen molar-refractivity contribution in [2.24, 2.45) is 0 Å². The molecule has 248 valence electrons. The van der Waals surface area contributed by atoms with Crippen LogP contribution in [-0.4, -0.2) is 75.2 Å². The summed E-state index contributed by atoms with van der Waals surface area (Å²) < 4.78 is 11.6. The number of ether oxygens (including phenoxy) is 2. The van der Waals surface area contributed by atoms with Gasteiger partial charge in [0.15, 0.2) is 0 Å². The molecule has 8 nitrogen and oxygen atoms in total. The Balaban J connectivity index is 1.64. The van der Waals surface area contributed by atoms with E-state index in [1.165, 1.54) is 0 Å². The Kier molecular flexibility index (Phi) is 9.93.